The van der Waals surface area contributed by atoms with E-state index in [0.717, 1.165) is 0 Å². The third kappa shape index (κ3) is 5.33. The van der Waals surface area contributed by atoms with Crippen LogP contribution in [0.2, 0.25) is 0 Å². The van der Waals surface area contributed by atoms with Crippen molar-refractivity contribution in [1.29, 1.82) is 0 Å². The van der Waals surface area contributed by atoms with Gasteiger partial charge in [0.25, 0.3) is 0 Å². The molecule has 2 N–H and O–H groups in total. The first-order chi connectivity index (χ1) is 13.5. The predicted molar refractivity (Wildman–Crippen MR) is 109 cm³/mol. The number of aliphatic hydroxyl groups is 1. The third-order valence-corrected chi connectivity index (χ3v) is 5.10. The van der Waals surface area contributed by atoms with Crippen LogP contribution in [0.5, 0.6) is 11.5 Å². The summed E-state index contributed by atoms with van der Waals surface area (Å²) in [5.74, 6) is 1.61. The molecular weight excluding hydrogens is 354 g/mol. The van der Waals surface area contributed by atoms with Crippen molar-refractivity contribution in [3.8, 4) is 11.5 Å². The van der Waals surface area contributed by atoms with Crippen LogP contribution in [0.4, 0.5) is 0 Å². The highest BCUT2D eigenvalue weighted by Gasteiger charge is 2.32. The zero-order valence-corrected chi connectivity index (χ0v) is 16.8. The molecule has 2 aromatic carbocycles. The van der Waals surface area contributed by atoms with E-state index >= 15 is 0 Å². The first-order valence-corrected chi connectivity index (χ1v) is 9.77. The molecule has 1 fully saturated rings. The maximum Gasteiger partial charge on any atom is 0.161 e. The second-order valence-corrected chi connectivity index (χ2v) is 7.52. The van der Waals surface area contributed by atoms with Crippen molar-refractivity contribution in [3.63, 3.8) is 0 Å². The highest BCUT2D eigenvalue weighted by atomic mass is 16.5. The van der Waals surface area contributed by atoms with E-state index in [1.165, 1.54) is 38.0 Å². The number of ketones is 1. The maximum atomic E-state index is 11.5. The minimum Gasteiger partial charge on any atom is -0.493 e. The summed E-state index contributed by atoms with van der Waals surface area (Å²) < 4.78 is 11.0. The number of carbonyl (C=O) groups is 1. The van der Waals surface area contributed by atoms with E-state index in [4.69, 9.17) is 9.47 Å². The first-order valence-electron chi connectivity index (χ1n) is 9.77. The van der Waals surface area contributed by atoms with E-state index in [2.05, 4.69) is 36.5 Å². The Balaban J connectivity index is 1.54. The lowest BCUT2D eigenvalue weighted by Crippen LogP contribution is -2.34. The average molecular weight is 383 g/mol. The van der Waals surface area contributed by atoms with E-state index in [-0.39, 0.29) is 18.4 Å². The number of aryl methyl sites for hydroxylation is 1. The van der Waals surface area contributed by atoms with Crippen LogP contribution in [0.1, 0.15) is 47.3 Å². The van der Waals surface area contributed by atoms with Crippen LogP contribution < -0.4 is 14.8 Å². The Morgan fingerprint density at radius 3 is 2.50 bits per heavy atom. The van der Waals surface area contributed by atoms with E-state index in [0.29, 0.717) is 29.5 Å². The van der Waals surface area contributed by atoms with Gasteiger partial charge in [-0.3, -0.25) is 4.79 Å². The minimum atomic E-state index is -0.649. The van der Waals surface area contributed by atoms with Gasteiger partial charge < -0.3 is 19.9 Å². The van der Waals surface area contributed by atoms with Crippen LogP contribution in [-0.4, -0.2) is 37.3 Å². The molecule has 3 rings (SSSR count). The molecule has 0 saturated heterocycles. The molecule has 1 aliphatic carbocycles. The van der Waals surface area contributed by atoms with Gasteiger partial charge in [-0.1, -0.05) is 29.8 Å². The molecule has 1 aliphatic rings. The number of benzene rings is 2. The highest BCUT2D eigenvalue weighted by Crippen LogP contribution is 2.41. The molecule has 0 aliphatic heterocycles. The number of nitrogens with one attached hydrogen (secondary N) is 1. The quantitative estimate of drug-likeness (QED) is 0.613. The Kier molecular flexibility index (Phi) is 6.70. The molecule has 0 radical (unpaired) electrons. The van der Waals surface area contributed by atoms with Crippen LogP contribution in [0.3, 0.4) is 0 Å². The molecule has 0 aromatic heterocycles. The van der Waals surface area contributed by atoms with E-state index in [9.17, 15) is 9.90 Å². The van der Waals surface area contributed by atoms with Gasteiger partial charge in [0.1, 0.15) is 12.7 Å². The standard InChI is InChI=1S/C23H29NO4/c1-15-4-6-17(7-5-15)23(18-8-9-18)24-13-20(26)14-28-21-11-10-19(16(2)25)12-22(21)27-3/h4-7,10-12,18,20,23-24,26H,8-9,13-14H2,1-3H3/t20-,23-/m1/s1. The van der Waals surface area contributed by atoms with Crippen molar-refractivity contribution in [1.82, 2.24) is 5.32 Å². The summed E-state index contributed by atoms with van der Waals surface area (Å²) in [6.07, 6.45) is 1.79. The SMILES string of the molecule is COc1cc(C(C)=O)ccc1OC[C@H](O)CN[C@H](c1ccc(C)cc1)C1CC1. The number of hydrogen-bond acceptors (Lipinski definition) is 5. The third-order valence-electron chi connectivity index (χ3n) is 5.10. The van der Waals surface area contributed by atoms with Crippen molar-refractivity contribution >= 4 is 5.78 Å². The molecule has 0 spiro atoms. The molecule has 0 bridgehead atoms. The van der Waals surface area contributed by atoms with Crippen molar-refractivity contribution in [2.75, 3.05) is 20.3 Å². The van der Waals surface area contributed by atoms with Gasteiger partial charge in [-0.15, -0.1) is 0 Å². The summed E-state index contributed by atoms with van der Waals surface area (Å²) in [5, 5.41) is 13.9. The summed E-state index contributed by atoms with van der Waals surface area (Å²) in [6.45, 7) is 4.19. The van der Waals surface area contributed by atoms with Gasteiger partial charge in [-0.2, -0.15) is 0 Å². The van der Waals surface area contributed by atoms with E-state index < -0.39 is 6.10 Å². The number of aliphatic hydroxyl groups excluding tert-OH is 1. The normalized spacial score (nSPS) is 15.7. The Morgan fingerprint density at radius 1 is 1.18 bits per heavy atom. The average Bonchev–Trinajstić information content (AvgIpc) is 3.52. The predicted octanol–water partition coefficient (Wildman–Crippen LogP) is 3.69. The number of ether oxygens (including phenoxy) is 2. The Labute approximate surface area is 166 Å². The fraction of sp³-hybridized carbons (Fsp3) is 0.435. The number of Topliss-reactive ketones (excluding diaryl/α,β-unsaturated/α-hetero) is 1. The smallest absolute Gasteiger partial charge is 0.161 e. The van der Waals surface area contributed by atoms with Crippen LogP contribution in [-0.2, 0) is 0 Å². The topological polar surface area (TPSA) is 67.8 Å². The zero-order chi connectivity index (χ0) is 20.1. The fourth-order valence-electron chi connectivity index (χ4n) is 3.27. The van der Waals surface area contributed by atoms with Crippen LogP contribution in [0.25, 0.3) is 0 Å². The molecule has 150 valence electrons. The molecule has 2 atom stereocenters. The Bertz CT molecular complexity index is 799. The van der Waals surface area contributed by atoms with E-state index in [1.54, 1.807) is 18.2 Å². The lowest BCUT2D eigenvalue weighted by Gasteiger charge is -2.22. The van der Waals surface area contributed by atoms with Gasteiger partial charge in [0.15, 0.2) is 17.3 Å². The molecular formula is C23H29NO4. The van der Waals surface area contributed by atoms with Gasteiger partial charge in [-0.25, -0.2) is 0 Å². The summed E-state index contributed by atoms with van der Waals surface area (Å²) >= 11 is 0. The van der Waals surface area contributed by atoms with Gasteiger partial charge in [0.05, 0.1) is 7.11 Å². The van der Waals surface area contributed by atoms with Crippen molar-refractivity contribution in [2.45, 2.75) is 38.8 Å². The molecule has 1 saturated carbocycles. The summed E-state index contributed by atoms with van der Waals surface area (Å²) in [6, 6.07) is 13.9. The van der Waals surface area contributed by atoms with Gasteiger partial charge in [0, 0.05) is 18.2 Å². The first kappa shape index (κ1) is 20.4. The molecule has 28 heavy (non-hydrogen) atoms. The number of carbonyl (C=O) groups excluding carboxylic acids is 1. The molecule has 0 unspecified atom stereocenters. The van der Waals surface area contributed by atoms with Gasteiger partial charge in [-0.05, 0) is 56.4 Å². The van der Waals surface area contributed by atoms with Gasteiger partial charge in [0.2, 0.25) is 0 Å². The van der Waals surface area contributed by atoms with Crippen LogP contribution in [0, 0.1) is 12.8 Å². The molecule has 5 nitrogen and oxygen atoms in total. The number of rotatable bonds is 10. The van der Waals surface area contributed by atoms with Crippen molar-refractivity contribution in [2.24, 2.45) is 5.92 Å². The van der Waals surface area contributed by atoms with Crippen LogP contribution >= 0.6 is 0 Å². The second kappa shape index (κ2) is 9.22. The zero-order valence-electron chi connectivity index (χ0n) is 16.8. The molecule has 5 heteroatoms. The lowest BCUT2D eigenvalue weighted by molar-refractivity contribution is 0.0998. The van der Waals surface area contributed by atoms with Gasteiger partial charge >= 0.3 is 0 Å². The minimum absolute atomic E-state index is 0.0312. The Hall–Kier alpha value is -2.37. The lowest BCUT2D eigenvalue weighted by atomic mass is 10.0. The fourth-order valence-corrected chi connectivity index (χ4v) is 3.27. The summed E-state index contributed by atoms with van der Waals surface area (Å²) in [4.78, 5) is 11.5. The Morgan fingerprint density at radius 2 is 1.89 bits per heavy atom. The number of hydrogen-bond donors (Lipinski definition) is 2. The molecule has 2 aromatic rings. The monoisotopic (exact) mass is 383 g/mol. The molecule has 0 heterocycles. The molecule has 0 amide bonds. The highest BCUT2D eigenvalue weighted by molar-refractivity contribution is 5.94. The summed E-state index contributed by atoms with van der Waals surface area (Å²) in [7, 11) is 1.53. The van der Waals surface area contributed by atoms with E-state index in [1.807, 2.05) is 0 Å². The second-order valence-electron chi connectivity index (χ2n) is 7.52. The van der Waals surface area contributed by atoms with Crippen molar-refractivity contribution < 1.29 is 19.4 Å². The maximum absolute atomic E-state index is 11.5. The number of methoxy groups -OCH3 is 1. The summed E-state index contributed by atoms with van der Waals surface area (Å²) in [5.41, 5.74) is 3.08. The van der Waals surface area contributed by atoms with Crippen LogP contribution in [0.15, 0.2) is 42.5 Å². The largest absolute Gasteiger partial charge is 0.493 e. The van der Waals surface area contributed by atoms with Crippen molar-refractivity contribution in [3.05, 3.63) is 59.2 Å².